The van der Waals surface area contributed by atoms with E-state index in [-0.39, 0.29) is 19.1 Å². The summed E-state index contributed by atoms with van der Waals surface area (Å²) in [6, 6.07) is 3.75. The molecule has 1 heterocycles. The number of hydrogen-bond donors (Lipinski definition) is 1. The van der Waals surface area contributed by atoms with Crippen LogP contribution in [0.15, 0.2) is 12.1 Å². The molecule has 0 unspecified atom stereocenters. The van der Waals surface area contributed by atoms with Crippen LogP contribution in [0.2, 0.25) is 4.34 Å². The summed E-state index contributed by atoms with van der Waals surface area (Å²) in [7, 11) is 3.38. The third kappa shape index (κ3) is 6.19. The molecule has 0 atom stereocenters. The van der Waals surface area contributed by atoms with E-state index < -0.39 is 0 Å². The predicted octanol–water partition coefficient (Wildman–Crippen LogP) is 1.30. The smallest absolute Gasteiger partial charge is 0.236 e. The maximum Gasteiger partial charge on any atom is 0.236 e. The van der Waals surface area contributed by atoms with Crippen LogP contribution in [-0.4, -0.2) is 67.8 Å². The SMILES string of the molecule is COCCN(CCO)CC(=O)N(C)Cc1ccc(Cl)s1. The number of ether oxygens (including phenoxy) is 1. The van der Waals surface area contributed by atoms with Gasteiger partial charge >= 0.3 is 0 Å². The van der Waals surface area contributed by atoms with Crippen molar-refractivity contribution in [1.82, 2.24) is 9.80 Å². The number of amides is 1. The zero-order valence-electron chi connectivity index (χ0n) is 11.8. The van der Waals surface area contributed by atoms with Gasteiger partial charge in [-0.25, -0.2) is 0 Å². The van der Waals surface area contributed by atoms with Gasteiger partial charge in [0.25, 0.3) is 0 Å². The van der Waals surface area contributed by atoms with Gasteiger partial charge in [-0.1, -0.05) is 11.6 Å². The molecule has 0 aliphatic rings. The van der Waals surface area contributed by atoms with E-state index in [2.05, 4.69) is 0 Å². The molecule has 0 spiro atoms. The summed E-state index contributed by atoms with van der Waals surface area (Å²) in [5, 5.41) is 9.01. The van der Waals surface area contributed by atoms with Gasteiger partial charge in [-0.3, -0.25) is 9.69 Å². The third-order valence-corrected chi connectivity index (χ3v) is 4.05. The second-order valence-corrected chi connectivity index (χ2v) is 6.25. The van der Waals surface area contributed by atoms with Gasteiger partial charge in [0.2, 0.25) is 5.91 Å². The Morgan fingerprint density at radius 3 is 2.75 bits per heavy atom. The molecule has 0 aliphatic carbocycles. The summed E-state index contributed by atoms with van der Waals surface area (Å²) >= 11 is 7.35. The Kier molecular flexibility index (Phi) is 8.09. The van der Waals surface area contributed by atoms with Crippen LogP contribution in [0.4, 0.5) is 0 Å². The highest BCUT2D eigenvalue weighted by Crippen LogP contribution is 2.22. The quantitative estimate of drug-likeness (QED) is 0.745. The van der Waals surface area contributed by atoms with Crippen molar-refractivity contribution in [3.8, 4) is 0 Å². The van der Waals surface area contributed by atoms with Crippen molar-refractivity contribution in [2.75, 3.05) is 47.0 Å². The minimum Gasteiger partial charge on any atom is -0.395 e. The van der Waals surface area contributed by atoms with Gasteiger partial charge in [0, 0.05) is 32.1 Å². The molecule has 0 saturated heterocycles. The molecular weight excluding hydrogens is 300 g/mol. The van der Waals surface area contributed by atoms with E-state index in [0.29, 0.717) is 26.2 Å². The number of carbonyl (C=O) groups excluding carboxylic acids is 1. The van der Waals surface area contributed by atoms with Crippen LogP contribution in [0.1, 0.15) is 4.88 Å². The first-order chi connectivity index (χ1) is 9.56. The number of thiophene rings is 1. The van der Waals surface area contributed by atoms with E-state index in [0.717, 1.165) is 9.21 Å². The van der Waals surface area contributed by atoms with E-state index in [1.54, 1.807) is 19.1 Å². The summed E-state index contributed by atoms with van der Waals surface area (Å²) < 4.78 is 5.72. The maximum absolute atomic E-state index is 12.1. The fraction of sp³-hybridized carbons (Fsp3) is 0.615. The number of aliphatic hydroxyl groups excluding tert-OH is 1. The molecule has 1 N–H and O–H groups in total. The van der Waals surface area contributed by atoms with Crippen molar-refractivity contribution in [2.24, 2.45) is 0 Å². The van der Waals surface area contributed by atoms with Crippen LogP contribution in [0.3, 0.4) is 0 Å². The Morgan fingerprint density at radius 2 is 2.20 bits per heavy atom. The van der Waals surface area contributed by atoms with E-state index in [4.69, 9.17) is 21.4 Å². The topological polar surface area (TPSA) is 53.0 Å². The first-order valence-electron chi connectivity index (χ1n) is 6.37. The van der Waals surface area contributed by atoms with Gasteiger partial charge in [0.1, 0.15) is 0 Å². The monoisotopic (exact) mass is 320 g/mol. The Labute approximate surface area is 128 Å². The van der Waals surface area contributed by atoms with Gasteiger partial charge < -0.3 is 14.7 Å². The number of hydrogen-bond acceptors (Lipinski definition) is 5. The number of carbonyl (C=O) groups is 1. The molecule has 1 rings (SSSR count). The summed E-state index contributed by atoms with van der Waals surface area (Å²) in [5.41, 5.74) is 0. The van der Waals surface area contributed by atoms with Gasteiger partial charge in [-0.05, 0) is 12.1 Å². The largest absolute Gasteiger partial charge is 0.395 e. The highest BCUT2D eigenvalue weighted by atomic mass is 35.5. The molecule has 0 aromatic carbocycles. The predicted molar refractivity (Wildman–Crippen MR) is 81.2 cm³/mol. The molecule has 0 bridgehead atoms. The number of halogens is 1. The van der Waals surface area contributed by atoms with Crippen LogP contribution in [0.25, 0.3) is 0 Å². The Hall–Kier alpha value is -0.660. The highest BCUT2D eigenvalue weighted by Gasteiger charge is 2.15. The first kappa shape index (κ1) is 17.4. The van der Waals surface area contributed by atoms with Crippen LogP contribution < -0.4 is 0 Å². The number of methoxy groups -OCH3 is 1. The molecule has 1 aromatic heterocycles. The molecule has 0 fully saturated rings. The molecule has 1 aromatic rings. The molecule has 7 heteroatoms. The molecule has 0 saturated carbocycles. The summed E-state index contributed by atoms with van der Waals surface area (Å²) in [4.78, 5) is 16.7. The van der Waals surface area contributed by atoms with E-state index >= 15 is 0 Å². The van der Waals surface area contributed by atoms with Crippen molar-refractivity contribution in [3.63, 3.8) is 0 Å². The number of rotatable bonds is 9. The molecule has 5 nitrogen and oxygen atoms in total. The lowest BCUT2D eigenvalue weighted by atomic mass is 10.4. The fourth-order valence-electron chi connectivity index (χ4n) is 1.70. The molecular formula is C13H21ClN2O3S. The van der Waals surface area contributed by atoms with Crippen molar-refractivity contribution in [3.05, 3.63) is 21.3 Å². The molecule has 114 valence electrons. The first-order valence-corrected chi connectivity index (χ1v) is 7.56. The molecule has 0 aliphatic heterocycles. The van der Waals surface area contributed by atoms with Crippen molar-refractivity contribution in [2.45, 2.75) is 6.54 Å². The molecule has 20 heavy (non-hydrogen) atoms. The van der Waals surface area contributed by atoms with Crippen LogP contribution >= 0.6 is 22.9 Å². The van der Waals surface area contributed by atoms with Gasteiger partial charge in [-0.2, -0.15) is 0 Å². The lowest BCUT2D eigenvalue weighted by molar-refractivity contribution is -0.131. The lowest BCUT2D eigenvalue weighted by Crippen LogP contribution is -2.40. The summed E-state index contributed by atoms with van der Waals surface area (Å²) in [6.07, 6.45) is 0. The minimum atomic E-state index is 0.0130. The average Bonchev–Trinajstić information content (AvgIpc) is 2.81. The van der Waals surface area contributed by atoms with Gasteiger partial charge in [-0.15, -0.1) is 11.3 Å². The second kappa shape index (κ2) is 9.31. The number of nitrogens with zero attached hydrogens (tertiary/aromatic N) is 2. The Morgan fingerprint density at radius 1 is 1.45 bits per heavy atom. The second-order valence-electron chi connectivity index (χ2n) is 4.45. The minimum absolute atomic E-state index is 0.0130. The maximum atomic E-state index is 12.1. The van der Waals surface area contributed by atoms with Crippen LogP contribution in [0, 0.1) is 0 Å². The van der Waals surface area contributed by atoms with Crippen molar-refractivity contribution >= 4 is 28.8 Å². The van der Waals surface area contributed by atoms with E-state index in [9.17, 15) is 4.79 Å². The summed E-state index contributed by atoms with van der Waals surface area (Å²) in [5.74, 6) is 0.0130. The summed E-state index contributed by atoms with van der Waals surface area (Å²) in [6.45, 7) is 2.49. The fourth-order valence-corrected chi connectivity index (χ4v) is 2.84. The number of likely N-dealkylation sites (N-methyl/N-ethyl adjacent to an activating group) is 1. The highest BCUT2D eigenvalue weighted by molar-refractivity contribution is 7.16. The van der Waals surface area contributed by atoms with Crippen LogP contribution in [0.5, 0.6) is 0 Å². The van der Waals surface area contributed by atoms with Crippen molar-refractivity contribution < 1.29 is 14.6 Å². The normalized spacial score (nSPS) is 11.1. The van der Waals surface area contributed by atoms with Gasteiger partial charge in [0.05, 0.1) is 30.6 Å². The Bertz CT molecular complexity index is 414. The molecule has 1 amide bonds. The Balaban J connectivity index is 2.45. The van der Waals surface area contributed by atoms with Crippen molar-refractivity contribution in [1.29, 1.82) is 0 Å². The van der Waals surface area contributed by atoms with E-state index in [1.807, 2.05) is 17.0 Å². The lowest BCUT2D eigenvalue weighted by Gasteiger charge is -2.24. The number of aliphatic hydroxyl groups is 1. The van der Waals surface area contributed by atoms with Gasteiger partial charge in [0.15, 0.2) is 0 Å². The third-order valence-electron chi connectivity index (χ3n) is 2.83. The molecule has 0 radical (unpaired) electrons. The zero-order valence-corrected chi connectivity index (χ0v) is 13.4. The van der Waals surface area contributed by atoms with E-state index in [1.165, 1.54) is 11.3 Å². The van der Waals surface area contributed by atoms with Crippen LogP contribution in [-0.2, 0) is 16.1 Å². The zero-order chi connectivity index (χ0) is 15.0. The average molecular weight is 321 g/mol. The standard InChI is InChI=1S/C13H21ClN2O3S/c1-15(9-11-3-4-12(14)20-11)13(18)10-16(5-7-17)6-8-19-2/h3-4,17H,5-10H2,1-2H3.